The molecule has 0 saturated carbocycles. The molecule has 0 spiro atoms. The number of non-ortho nitro benzene ring substituents is 1. The van der Waals surface area contributed by atoms with Crippen LogP contribution in [0.5, 0.6) is 0 Å². The predicted molar refractivity (Wildman–Crippen MR) is 97.0 cm³/mol. The molecule has 3 rings (SSSR count). The molecule has 0 aromatic heterocycles. The Morgan fingerprint density at radius 2 is 1.57 bits per heavy atom. The smallest absolute Gasteiger partial charge is 0.349 e. The summed E-state index contributed by atoms with van der Waals surface area (Å²) in [6, 6.07) is 10.0. The molecule has 0 saturated heterocycles. The lowest BCUT2D eigenvalue weighted by atomic mass is 10.1. The quantitative estimate of drug-likeness (QED) is 0.415. The Balaban J connectivity index is 2.29. The second kappa shape index (κ2) is 6.97. The Hall–Kier alpha value is -3.40. The second-order valence-electron chi connectivity index (χ2n) is 5.66. The summed E-state index contributed by atoms with van der Waals surface area (Å²) < 4.78 is 40.5. The molecule has 0 bridgehead atoms. The molecule has 0 unspecified atom stereocenters. The molecule has 1 N–H and O–H groups in total. The van der Waals surface area contributed by atoms with E-state index in [1.54, 1.807) is 24.3 Å². The molecule has 0 radical (unpaired) electrons. The van der Waals surface area contributed by atoms with Crippen molar-refractivity contribution in [3.63, 3.8) is 0 Å². The lowest BCUT2D eigenvalue weighted by Gasteiger charge is -2.16. The van der Waals surface area contributed by atoms with Gasteiger partial charge in [-0.3, -0.25) is 20.2 Å². The minimum Gasteiger partial charge on any atom is -0.349 e. The van der Waals surface area contributed by atoms with Gasteiger partial charge in [0.05, 0.1) is 21.5 Å². The van der Waals surface area contributed by atoms with E-state index in [0.29, 0.717) is 21.9 Å². The topological polar surface area (TPSA) is 98.3 Å². The summed E-state index contributed by atoms with van der Waals surface area (Å²) in [7, 11) is 0. The van der Waals surface area contributed by atoms with Crippen LogP contribution in [0.25, 0.3) is 10.8 Å². The Morgan fingerprint density at radius 3 is 2.14 bits per heavy atom. The molecule has 28 heavy (non-hydrogen) atoms. The van der Waals surface area contributed by atoms with E-state index in [9.17, 15) is 33.4 Å². The van der Waals surface area contributed by atoms with Gasteiger partial charge >= 0.3 is 6.18 Å². The molecule has 0 fully saturated rings. The van der Waals surface area contributed by atoms with Crippen LogP contribution in [0.4, 0.5) is 35.9 Å². The van der Waals surface area contributed by atoms with Crippen molar-refractivity contribution in [3.05, 3.63) is 79.3 Å². The average molecular weight is 412 g/mol. The number of anilines is 2. The van der Waals surface area contributed by atoms with Crippen LogP contribution in [-0.2, 0) is 6.18 Å². The predicted octanol–water partition coefficient (Wildman–Crippen LogP) is 6.07. The van der Waals surface area contributed by atoms with Crippen molar-refractivity contribution >= 4 is 45.1 Å². The van der Waals surface area contributed by atoms with Crippen LogP contribution in [0.1, 0.15) is 5.56 Å². The van der Waals surface area contributed by atoms with E-state index in [1.807, 2.05) is 0 Å². The van der Waals surface area contributed by atoms with Gasteiger partial charge in [-0.25, -0.2) is 0 Å². The molecule has 0 aliphatic rings. The van der Waals surface area contributed by atoms with Crippen LogP contribution in [0.3, 0.4) is 0 Å². The van der Waals surface area contributed by atoms with Crippen molar-refractivity contribution < 1.29 is 23.0 Å². The summed E-state index contributed by atoms with van der Waals surface area (Å²) in [4.78, 5) is 20.0. The van der Waals surface area contributed by atoms with E-state index in [0.717, 1.165) is 0 Å². The molecule has 0 heterocycles. The van der Waals surface area contributed by atoms with Crippen LogP contribution < -0.4 is 5.32 Å². The molecule has 0 aliphatic carbocycles. The number of alkyl halides is 3. The number of nitrogens with one attached hydrogen (secondary N) is 1. The van der Waals surface area contributed by atoms with E-state index in [2.05, 4.69) is 5.32 Å². The Kier molecular flexibility index (Phi) is 4.82. The summed E-state index contributed by atoms with van der Waals surface area (Å²) in [6.45, 7) is 0. The number of nitrogens with zero attached hydrogens (tertiary/aromatic N) is 2. The maximum atomic E-state index is 13.5. The molecule has 144 valence electrons. The van der Waals surface area contributed by atoms with Crippen molar-refractivity contribution in [1.29, 1.82) is 0 Å². The Bertz CT molecular complexity index is 1120. The molecular weight excluding hydrogens is 403 g/mol. The zero-order chi connectivity index (χ0) is 20.6. The second-order valence-corrected chi connectivity index (χ2v) is 6.07. The molecule has 0 atom stereocenters. The van der Waals surface area contributed by atoms with E-state index in [1.165, 1.54) is 12.1 Å². The maximum absolute atomic E-state index is 13.5. The van der Waals surface area contributed by atoms with Gasteiger partial charge in [0.2, 0.25) is 0 Å². The third kappa shape index (κ3) is 3.54. The fourth-order valence-electron chi connectivity index (χ4n) is 2.72. The zero-order valence-corrected chi connectivity index (χ0v) is 14.4. The fraction of sp³-hybridized carbons (Fsp3) is 0.0588. The lowest BCUT2D eigenvalue weighted by Crippen LogP contribution is -2.12. The first-order valence-corrected chi connectivity index (χ1v) is 7.95. The van der Waals surface area contributed by atoms with Crippen LogP contribution in [0, 0.1) is 20.2 Å². The van der Waals surface area contributed by atoms with Crippen molar-refractivity contribution in [2.24, 2.45) is 0 Å². The molecular formula is C17H9ClF3N3O4. The van der Waals surface area contributed by atoms with Gasteiger partial charge in [0, 0.05) is 27.5 Å². The normalized spacial score (nSPS) is 11.4. The van der Waals surface area contributed by atoms with E-state index >= 15 is 0 Å². The highest BCUT2D eigenvalue weighted by molar-refractivity contribution is 6.36. The number of nitro groups is 2. The van der Waals surface area contributed by atoms with Crippen molar-refractivity contribution in [2.45, 2.75) is 6.18 Å². The van der Waals surface area contributed by atoms with E-state index < -0.39 is 38.6 Å². The minimum atomic E-state index is -5.07. The van der Waals surface area contributed by atoms with Crippen LogP contribution in [0.15, 0.2) is 48.5 Å². The number of benzene rings is 3. The van der Waals surface area contributed by atoms with Gasteiger partial charge < -0.3 is 5.32 Å². The SMILES string of the molecule is O=[N+]([O-])c1cc([N+](=O)[O-])c(Nc2ccc(Cl)c3ccccc23)c(C(F)(F)F)c1. The maximum Gasteiger partial charge on any atom is 0.418 e. The first-order valence-electron chi connectivity index (χ1n) is 7.58. The summed E-state index contributed by atoms with van der Waals surface area (Å²) >= 11 is 6.08. The number of rotatable bonds is 4. The van der Waals surface area contributed by atoms with Crippen LogP contribution in [0.2, 0.25) is 5.02 Å². The first-order chi connectivity index (χ1) is 13.1. The number of fused-ring (bicyclic) bond motifs is 1. The number of hydrogen-bond donors (Lipinski definition) is 1. The third-order valence-corrected chi connectivity index (χ3v) is 4.28. The van der Waals surface area contributed by atoms with Crippen LogP contribution >= 0.6 is 11.6 Å². The van der Waals surface area contributed by atoms with Gasteiger partial charge in [-0.2, -0.15) is 13.2 Å². The number of nitro benzene ring substituents is 2. The molecule has 0 amide bonds. The molecule has 11 heteroatoms. The highest BCUT2D eigenvalue weighted by Gasteiger charge is 2.39. The van der Waals surface area contributed by atoms with Gasteiger partial charge in [0.25, 0.3) is 11.4 Å². The lowest BCUT2D eigenvalue weighted by molar-refractivity contribution is -0.394. The highest BCUT2D eigenvalue weighted by atomic mass is 35.5. The highest BCUT2D eigenvalue weighted by Crippen LogP contribution is 2.44. The summed E-state index contributed by atoms with van der Waals surface area (Å²) in [5.74, 6) is 0. The fourth-order valence-corrected chi connectivity index (χ4v) is 2.95. The van der Waals surface area contributed by atoms with E-state index in [4.69, 9.17) is 11.6 Å². The van der Waals surface area contributed by atoms with Crippen LogP contribution in [-0.4, -0.2) is 9.85 Å². The molecule has 3 aromatic carbocycles. The minimum absolute atomic E-state index is 0.127. The van der Waals surface area contributed by atoms with Crippen molar-refractivity contribution in [3.8, 4) is 0 Å². The summed E-state index contributed by atoms with van der Waals surface area (Å²) in [5.41, 5.74) is -4.39. The average Bonchev–Trinajstić information content (AvgIpc) is 2.63. The van der Waals surface area contributed by atoms with Gasteiger partial charge in [-0.15, -0.1) is 0 Å². The summed E-state index contributed by atoms with van der Waals surface area (Å²) in [5, 5.41) is 26.0. The van der Waals surface area contributed by atoms with Gasteiger partial charge in [0.15, 0.2) is 0 Å². The molecule has 0 aliphatic heterocycles. The van der Waals surface area contributed by atoms with Gasteiger partial charge in [-0.1, -0.05) is 35.9 Å². The van der Waals surface area contributed by atoms with E-state index in [-0.39, 0.29) is 11.8 Å². The Labute approximate surface area is 159 Å². The summed E-state index contributed by atoms with van der Waals surface area (Å²) in [6.07, 6.45) is -5.07. The number of halogens is 4. The Morgan fingerprint density at radius 1 is 0.929 bits per heavy atom. The standard InChI is InChI=1S/C17H9ClF3N3O4/c18-13-5-6-14(11-4-2-1-3-10(11)13)22-16-12(17(19,20)21)7-9(23(25)26)8-15(16)24(27)28/h1-8,22H. The largest absolute Gasteiger partial charge is 0.418 e. The monoisotopic (exact) mass is 411 g/mol. The zero-order valence-electron chi connectivity index (χ0n) is 13.7. The van der Waals surface area contributed by atoms with Crippen molar-refractivity contribution in [2.75, 3.05) is 5.32 Å². The van der Waals surface area contributed by atoms with Crippen molar-refractivity contribution in [1.82, 2.24) is 0 Å². The first kappa shape index (κ1) is 19.4. The number of hydrogen-bond acceptors (Lipinski definition) is 5. The third-order valence-electron chi connectivity index (χ3n) is 3.95. The molecule has 3 aromatic rings. The molecule has 7 nitrogen and oxygen atoms in total. The van der Waals surface area contributed by atoms with Gasteiger partial charge in [0.1, 0.15) is 5.69 Å². The van der Waals surface area contributed by atoms with Gasteiger partial charge in [-0.05, 0) is 12.1 Å².